The molecule has 0 saturated carbocycles. The minimum absolute atomic E-state index is 0.299. The lowest BCUT2D eigenvalue weighted by Gasteiger charge is -2.39. The maximum atomic E-state index is 11.8. The molecule has 0 unspecified atom stereocenters. The zero-order chi connectivity index (χ0) is 19.6. The summed E-state index contributed by atoms with van der Waals surface area (Å²) in [6.07, 6.45) is 9.48. The van der Waals surface area contributed by atoms with Crippen LogP contribution in [0.2, 0.25) is 0 Å². The third-order valence-electron chi connectivity index (χ3n) is 5.99. The molecule has 1 heterocycles. The summed E-state index contributed by atoms with van der Waals surface area (Å²) in [5.74, 6) is -0.643. The van der Waals surface area contributed by atoms with Gasteiger partial charge in [0.25, 0.3) is 0 Å². The molecule has 2 aromatic rings. The van der Waals surface area contributed by atoms with Crippen molar-refractivity contribution in [3.05, 3.63) is 71.8 Å². The van der Waals surface area contributed by atoms with Crippen molar-refractivity contribution in [3.8, 4) is 0 Å². The van der Waals surface area contributed by atoms with Crippen LogP contribution in [0.1, 0.15) is 56.1 Å². The van der Waals surface area contributed by atoms with E-state index in [0.29, 0.717) is 6.04 Å². The highest BCUT2D eigenvalue weighted by molar-refractivity contribution is 5.73. The zero-order valence-electron chi connectivity index (χ0n) is 16.8. The van der Waals surface area contributed by atoms with Gasteiger partial charge in [0.05, 0.1) is 0 Å². The monoisotopic (exact) mass is 379 g/mol. The number of carboxylic acids is 1. The summed E-state index contributed by atoms with van der Waals surface area (Å²) in [5.41, 5.74) is 2.75. The van der Waals surface area contributed by atoms with E-state index < -0.39 is 5.97 Å². The molecule has 0 amide bonds. The van der Waals surface area contributed by atoms with Crippen molar-refractivity contribution in [2.75, 3.05) is 6.54 Å². The predicted octanol–water partition coefficient (Wildman–Crippen LogP) is 5.34. The Morgan fingerprint density at radius 3 is 1.93 bits per heavy atom. The Labute approximate surface area is 169 Å². The second-order valence-corrected chi connectivity index (χ2v) is 8.00. The summed E-state index contributed by atoms with van der Waals surface area (Å²) < 4.78 is 0. The largest absolute Gasteiger partial charge is 0.480 e. The second kappa shape index (κ2) is 11.0. The third-order valence-corrected chi connectivity index (χ3v) is 5.99. The molecule has 0 radical (unpaired) electrons. The summed E-state index contributed by atoms with van der Waals surface area (Å²) in [5, 5.41) is 9.72. The van der Waals surface area contributed by atoms with Crippen molar-refractivity contribution in [1.82, 2.24) is 4.90 Å². The van der Waals surface area contributed by atoms with Crippen LogP contribution in [-0.4, -0.2) is 34.6 Å². The topological polar surface area (TPSA) is 40.5 Å². The van der Waals surface area contributed by atoms with E-state index in [1.807, 2.05) is 0 Å². The highest BCUT2D eigenvalue weighted by Crippen LogP contribution is 2.26. The van der Waals surface area contributed by atoms with Crippen LogP contribution >= 0.6 is 0 Å². The van der Waals surface area contributed by atoms with Crippen molar-refractivity contribution in [3.63, 3.8) is 0 Å². The Morgan fingerprint density at radius 2 is 1.43 bits per heavy atom. The van der Waals surface area contributed by atoms with Crippen molar-refractivity contribution in [1.29, 1.82) is 0 Å². The lowest BCUT2D eigenvalue weighted by atomic mass is 9.93. The summed E-state index contributed by atoms with van der Waals surface area (Å²) in [6.45, 7) is 0.929. The SMILES string of the molecule is O=C(O)[C@@H]1CCCCN1C(CCCc1ccccc1)CCCc1ccccc1. The molecule has 150 valence electrons. The van der Waals surface area contributed by atoms with Crippen LogP contribution in [0, 0.1) is 0 Å². The van der Waals surface area contributed by atoms with Gasteiger partial charge in [-0.25, -0.2) is 0 Å². The molecule has 3 heteroatoms. The highest BCUT2D eigenvalue weighted by atomic mass is 16.4. The number of piperidine rings is 1. The van der Waals surface area contributed by atoms with E-state index in [-0.39, 0.29) is 6.04 Å². The number of aryl methyl sites for hydroxylation is 2. The number of carbonyl (C=O) groups is 1. The summed E-state index contributed by atoms with van der Waals surface area (Å²) in [7, 11) is 0. The maximum Gasteiger partial charge on any atom is 0.320 e. The van der Waals surface area contributed by atoms with Gasteiger partial charge in [-0.2, -0.15) is 0 Å². The van der Waals surface area contributed by atoms with Crippen LogP contribution in [-0.2, 0) is 17.6 Å². The van der Waals surface area contributed by atoms with E-state index >= 15 is 0 Å². The van der Waals surface area contributed by atoms with Gasteiger partial charge in [0.1, 0.15) is 6.04 Å². The first-order valence-electron chi connectivity index (χ1n) is 10.8. The molecule has 0 spiro atoms. The molecular formula is C25H33NO2. The molecule has 1 atom stereocenters. The Bertz CT molecular complexity index is 656. The zero-order valence-corrected chi connectivity index (χ0v) is 16.8. The van der Waals surface area contributed by atoms with Gasteiger partial charge in [0, 0.05) is 6.04 Å². The van der Waals surface area contributed by atoms with Crippen molar-refractivity contribution >= 4 is 5.97 Å². The molecule has 1 N–H and O–H groups in total. The lowest BCUT2D eigenvalue weighted by molar-refractivity contribution is -0.146. The van der Waals surface area contributed by atoms with Gasteiger partial charge in [-0.3, -0.25) is 9.69 Å². The predicted molar refractivity (Wildman–Crippen MR) is 115 cm³/mol. The van der Waals surface area contributed by atoms with E-state index in [4.69, 9.17) is 0 Å². The number of carboxylic acid groups (broad SMARTS) is 1. The van der Waals surface area contributed by atoms with Gasteiger partial charge in [-0.05, 0) is 69.0 Å². The minimum atomic E-state index is -0.643. The smallest absolute Gasteiger partial charge is 0.320 e. The van der Waals surface area contributed by atoms with Crippen LogP contribution in [0.15, 0.2) is 60.7 Å². The number of hydrogen-bond acceptors (Lipinski definition) is 2. The number of aliphatic carboxylic acids is 1. The number of likely N-dealkylation sites (tertiary alicyclic amines) is 1. The van der Waals surface area contributed by atoms with E-state index in [0.717, 1.165) is 64.3 Å². The standard InChI is InChI=1S/C25H33NO2/c27-25(28)24-19-7-8-20-26(24)23(17-9-15-21-11-3-1-4-12-21)18-10-16-22-13-5-2-6-14-22/h1-6,11-14,23-24H,7-10,15-20H2,(H,27,28)/t24-/m0/s1. The van der Waals surface area contributed by atoms with Crippen LogP contribution in [0.3, 0.4) is 0 Å². The van der Waals surface area contributed by atoms with E-state index in [1.54, 1.807) is 0 Å². The van der Waals surface area contributed by atoms with E-state index in [2.05, 4.69) is 65.6 Å². The van der Waals surface area contributed by atoms with Gasteiger partial charge < -0.3 is 5.11 Å². The fourth-order valence-electron chi connectivity index (χ4n) is 4.51. The molecule has 2 aromatic carbocycles. The fraction of sp³-hybridized carbons (Fsp3) is 0.480. The highest BCUT2D eigenvalue weighted by Gasteiger charge is 2.32. The van der Waals surface area contributed by atoms with Crippen LogP contribution < -0.4 is 0 Å². The van der Waals surface area contributed by atoms with Crippen LogP contribution in [0.4, 0.5) is 0 Å². The van der Waals surface area contributed by atoms with Crippen molar-refractivity contribution in [2.45, 2.75) is 69.9 Å². The van der Waals surface area contributed by atoms with Crippen LogP contribution in [0.25, 0.3) is 0 Å². The van der Waals surface area contributed by atoms with E-state index in [9.17, 15) is 9.90 Å². The van der Waals surface area contributed by atoms with Gasteiger partial charge in [-0.15, -0.1) is 0 Å². The lowest BCUT2D eigenvalue weighted by Crippen LogP contribution is -2.50. The number of nitrogens with zero attached hydrogens (tertiary/aromatic N) is 1. The Kier molecular flexibility index (Phi) is 8.10. The molecule has 1 fully saturated rings. The molecule has 1 aliphatic rings. The first-order valence-corrected chi connectivity index (χ1v) is 10.8. The molecule has 3 rings (SSSR count). The summed E-state index contributed by atoms with van der Waals surface area (Å²) in [6, 6.07) is 21.3. The maximum absolute atomic E-state index is 11.8. The Morgan fingerprint density at radius 1 is 0.893 bits per heavy atom. The number of hydrogen-bond donors (Lipinski definition) is 1. The van der Waals surface area contributed by atoms with Gasteiger partial charge in [0.2, 0.25) is 0 Å². The van der Waals surface area contributed by atoms with Gasteiger partial charge >= 0.3 is 5.97 Å². The van der Waals surface area contributed by atoms with Gasteiger partial charge in [0.15, 0.2) is 0 Å². The average Bonchev–Trinajstić information content (AvgIpc) is 2.74. The minimum Gasteiger partial charge on any atom is -0.480 e. The first kappa shape index (κ1) is 20.6. The van der Waals surface area contributed by atoms with Gasteiger partial charge in [-0.1, -0.05) is 67.1 Å². The molecule has 1 aliphatic heterocycles. The quantitative estimate of drug-likeness (QED) is 0.606. The number of rotatable bonds is 10. The summed E-state index contributed by atoms with van der Waals surface area (Å²) >= 11 is 0. The second-order valence-electron chi connectivity index (χ2n) is 8.00. The third kappa shape index (κ3) is 6.20. The van der Waals surface area contributed by atoms with Crippen molar-refractivity contribution in [2.24, 2.45) is 0 Å². The summed E-state index contributed by atoms with van der Waals surface area (Å²) in [4.78, 5) is 14.1. The molecule has 28 heavy (non-hydrogen) atoms. The fourth-order valence-corrected chi connectivity index (χ4v) is 4.51. The molecule has 0 bridgehead atoms. The molecule has 3 nitrogen and oxygen atoms in total. The number of benzene rings is 2. The normalized spacial score (nSPS) is 17.7. The Balaban J connectivity index is 1.59. The van der Waals surface area contributed by atoms with Crippen molar-refractivity contribution < 1.29 is 9.90 Å². The molecule has 0 aromatic heterocycles. The average molecular weight is 380 g/mol. The van der Waals surface area contributed by atoms with E-state index in [1.165, 1.54) is 11.1 Å². The first-order chi connectivity index (χ1) is 13.7. The Hall–Kier alpha value is -2.13. The van der Waals surface area contributed by atoms with Crippen LogP contribution in [0.5, 0.6) is 0 Å². The molecule has 0 aliphatic carbocycles. The molecule has 1 saturated heterocycles. The molecular weight excluding hydrogens is 346 g/mol.